The summed E-state index contributed by atoms with van der Waals surface area (Å²) in [7, 11) is 0. The highest BCUT2D eigenvalue weighted by molar-refractivity contribution is 5.75. The molecule has 0 saturated carbocycles. The van der Waals surface area contributed by atoms with Gasteiger partial charge >= 0.3 is 5.97 Å². The summed E-state index contributed by atoms with van der Waals surface area (Å²) in [6.07, 6.45) is -1.57. The minimum Gasteiger partial charge on any atom is -0.479 e. The number of nitriles is 1. The number of hydrogen-bond donors (Lipinski definition) is 2. The van der Waals surface area contributed by atoms with Crippen LogP contribution in [0.5, 0.6) is 0 Å². The van der Waals surface area contributed by atoms with Crippen molar-refractivity contribution >= 4 is 5.97 Å². The Morgan fingerprint density at radius 2 is 2.07 bits per heavy atom. The largest absolute Gasteiger partial charge is 0.479 e. The van der Waals surface area contributed by atoms with Crippen molar-refractivity contribution in [1.82, 2.24) is 0 Å². The van der Waals surface area contributed by atoms with Crippen molar-refractivity contribution in [3.8, 4) is 6.07 Å². The maximum absolute atomic E-state index is 10.6. The van der Waals surface area contributed by atoms with Gasteiger partial charge in [-0.2, -0.15) is 5.26 Å². The lowest BCUT2D eigenvalue weighted by Gasteiger charge is -2.11. The van der Waals surface area contributed by atoms with Gasteiger partial charge in [0.05, 0.1) is 11.6 Å². The Bertz CT molecular complexity index is 446. The number of hydrogen-bond acceptors (Lipinski definition) is 3. The van der Waals surface area contributed by atoms with Crippen LogP contribution in [0.1, 0.15) is 28.4 Å². The number of carbonyl (C=O) groups is 1. The summed E-state index contributed by atoms with van der Waals surface area (Å²) in [5.74, 6) is -1.31. The summed E-state index contributed by atoms with van der Waals surface area (Å²) in [6, 6.07) is 5.20. The fourth-order valence-corrected chi connectivity index (χ4v) is 1.42. The van der Waals surface area contributed by atoms with Crippen LogP contribution in [0.25, 0.3) is 0 Å². The number of aryl methyl sites for hydroxylation is 1. The first-order valence-corrected chi connectivity index (χ1v) is 4.39. The van der Waals surface area contributed by atoms with Crippen LogP contribution in [0.2, 0.25) is 0 Å². The lowest BCUT2D eigenvalue weighted by atomic mass is 9.96. The molecule has 0 aliphatic heterocycles. The Hall–Kier alpha value is -1.86. The van der Waals surface area contributed by atoms with E-state index in [2.05, 4.69) is 0 Å². The molecule has 0 aromatic heterocycles. The number of aliphatic hydroxyl groups excluding tert-OH is 1. The Labute approximate surface area is 87.4 Å². The van der Waals surface area contributed by atoms with Crippen LogP contribution >= 0.6 is 0 Å². The third-order valence-electron chi connectivity index (χ3n) is 2.24. The van der Waals surface area contributed by atoms with E-state index < -0.39 is 12.1 Å². The van der Waals surface area contributed by atoms with Crippen molar-refractivity contribution in [3.05, 3.63) is 34.4 Å². The maximum atomic E-state index is 10.6. The van der Waals surface area contributed by atoms with Gasteiger partial charge in [0.15, 0.2) is 6.10 Å². The molecule has 1 aromatic rings. The van der Waals surface area contributed by atoms with E-state index in [1.807, 2.05) is 6.07 Å². The van der Waals surface area contributed by atoms with E-state index in [4.69, 9.17) is 10.4 Å². The molecule has 1 aromatic carbocycles. The first-order valence-electron chi connectivity index (χ1n) is 4.39. The van der Waals surface area contributed by atoms with Crippen molar-refractivity contribution in [1.29, 1.82) is 5.26 Å². The molecule has 2 N–H and O–H groups in total. The van der Waals surface area contributed by atoms with Gasteiger partial charge < -0.3 is 10.2 Å². The topological polar surface area (TPSA) is 81.3 Å². The molecule has 4 nitrogen and oxygen atoms in total. The lowest BCUT2D eigenvalue weighted by Crippen LogP contribution is -2.12. The van der Waals surface area contributed by atoms with Crippen LogP contribution in [0, 0.1) is 25.2 Å². The summed E-state index contributed by atoms with van der Waals surface area (Å²) < 4.78 is 0. The van der Waals surface area contributed by atoms with Crippen molar-refractivity contribution < 1.29 is 15.0 Å². The number of carboxylic acid groups (broad SMARTS) is 1. The second-order valence-electron chi connectivity index (χ2n) is 3.38. The zero-order valence-corrected chi connectivity index (χ0v) is 8.48. The molecule has 1 atom stereocenters. The molecule has 0 aliphatic carbocycles. The number of carboxylic acids is 1. The molecule has 1 rings (SSSR count). The Kier molecular flexibility index (Phi) is 3.08. The molecule has 0 saturated heterocycles. The zero-order chi connectivity index (χ0) is 11.6. The van der Waals surface area contributed by atoms with Crippen LogP contribution in [-0.4, -0.2) is 16.2 Å². The van der Waals surface area contributed by atoms with Gasteiger partial charge in [0.25, 0.3) is 0 Å². The van der Waals surface area contributed by atoms with Gasteiger partial charge in [-0.1, -0.05) is 6.07 Å². The minimum atomic E-state index is -1.57. The van der Waals surface area contributed by atoms with Crippen LogP contribution in [0.4, 0.5) is 0 Å². The second-order valence-corrected chi connectivity index (χ2v) is 3.38. The molecule has 15 heavy (non-hydrogen) atoms. The molecule has 0 radical (unpaired) electrons. The number of rotatable bonds is 2. The summed E-state index contributed by atoms with van der Waals surface area (Å²) in [4.78, 5) is 10.6. The third kappa shape index (κ3) is 2.14. The van der Waals surface area contributed by atoms with Gasteiger partial charge in [-0.25, -0.2) is 4.79 Å². The summed E-state index contributed by atoms with van der Waals surface area (Å²) in [6.45, 7) is 3.37. The normalized spacial score (nSPS) is 11.9. The van der Waals surface area contributed by atoms with E-state index in [0.29, 0.717) is 11.1 Å². The average molecular weight is 205 g/mol. The molecular formula is C11H11NO3. The molecule has 0 fully saturated rings. The fourth-order valence-electron chi connectivity index (χ4n) is 1.42. The smallest absolute Gasteiger partial charge is 0.337 e. The highest BCUT2D eigenvalue weighted by atomic mass is 16.4. The number of aliphatic carboxylic acids is 1. The molecule has 0 aliphatic rings. The predicted molar refractivity (Wildman–Crippen MR) is 53.2 cm³/mol. The summed E-state index contributed by atoms with van der Waals surface area (Å²) >= 11 is 0. The molecule has 0 heterocycles. The zero-order valence-electron chi connectivity index (χ0n) is 8.48. The van der Waals surface area contributed by atoms with Crippen molar-refractivity contribution in [2.45, 2.75) is 20.0 Å². The second kappa shape index (κ2) is 4.11. The van der Waals surface area contributed by atoms with Gasteiger partial charge in [-0.05, 0) is 36.6 Å². The van der Waals surface area contributed by atoms with Crippen molar-refractivity contribution in [2.75, 3.05) is 0 Å². The Morgan fingerprint density at radius 3 is 2.53 bits per heavy atom. The van der Waals surface area contributed by atoms with E-state index in [1.165, 1.54) is 0 Å². The molecule has 4 heteroatoms. The van der Waals surface area contributed by atoms with Crippen molar-refractivity contribution in [2.24, 2.45) is 0 Å². The highest BCUT2D eigenvalue weighted by Gasteiger charge is 2.19. The predicted octanol–water partition coefficient (Wildman–Crippen LogP) is 1.29. The van der Waals surface area contributed by atoms with E-state index in [0.717, 1.165) is 5.56 Å². The van der Waals surface area contributed by atoms with Crippen LogP contribution in [-0.2, 0) is 4.79 Å². The van der Waals surface area contributed by atoms with Crippen LogP contribution < -0.4 is 0 Å². The lowest BCUT2D eigenvalue weighted by molar-refractivity contribution is -0.147. The van der Waals surface area contributed by atoms with E-state index in [1.54, 1.807) is 26.0 Å². The minimum absolute atomic E-state index is 0.277. The fraction of sp³-hybridized carbons (Fsp3) is 0.273. The molecule has 0 spiro atoms. The monoisotopic (exact) mass is 205 g/mol. The number of nitrogens with zero attached hydrogens (tertiary/aromatic N) is 1. The molecule has 78 valence electrons. The first kappa shape index (κ1) is 11.2. The summed E-state index contributed by atoms with van der Waals surface area (Å²) in [5.41, 5.74) is 1.94. The highest BCUT2D eigenvalue weighted by Crippen LogP contribution is 2.22. The first-order chi connectivity index (χ1) is 6.97. The van der Waals surface area contributed by atoms with E-state index >= 15 is 0 Å². The third-order valence-corrected chi connectivity index (χ3v) is 2.24. The quantitative estimate of drug-likeness (QED) is 0.762. The molecule has 0 amide bonds. The van der Waals surface area contributed by atoms with Crippen LogP contribution in [0.3, 0.4) is 0 Å². The van der Waals surface area contributed by atoms with Gasteiger partial charge in [0.1, 0.15) is 0 Å². The molecule has 0 bridgehead atoms. The maximum Gasteiger partial charge on any atom is 0.337 e. The van der Waals surface area contributed by atoms with E-state index in [-0.39, 0.29) is 5.56 Å². The molecular weight excluding hydrogens is 194 g/mol. The van der Waals surface area contributed by atoms with Gasteiger partial charge in [-0.15, -0.1) is 0 Å². The van der Waals surface area contributed by atoms with Crippen LogP contribution in [0.15, 0.2) is 12.1 Å². The molecule has 1 unspecified atom stereocenters. The Morgan fingerprint density at radius 1 is 1.47 bits per heavy atom. The standard InChI is InChI=1S/C11H11NO3/c1-6-3-8(5-12)7(2)9(4-6)10(13)11(14)15/h3-4,10,13H,1-2H3,(H,14,15). The Balaban J connectivity index is 3.37. The van der Waals surface area contributed by atoms with Gasteiger partial charge in [0, 0.05) is 0 Å². The van der Waals surface area contributed by atoms with Gasteiger partial charge in [0.2, 0.25) is 0 Å². The van der Waals surface area contributed by atoms with Crippen molar-refractivity contribution in [3.63, 3.8) is 0 Å². The number of benzene rings is 1. The SMILES string of the molecule is Cc1cc(C#N)c(C)c(C(O)C(=O)O)c1. The summed E-state index contributed by atoms with van der Waals surface area (Å²) in [5, 5.41) is 26.9. The van der Waals surface area contributed by atoms with E-state index in [9.17, 15) is 9.90 Å². The number of aliphatic hydroxyl groups is 1. The van der Waals surface area contributed by atoms with Gasteiger partial charge in [-0.3, -0.25) is 0 Å². The average Bonchev–Trinajstić information content (AvgIpc) is 2.19.